The number of rotatable bonds is 2. The van der Waals surface area contributed by atoms with Gasteiger partial charge < -0.3 is 9.84 Å². The predicted molar refractivity (Wildman–Crippen MR) is 71.9 cm³/mol. The van der Waals surface area contributed by atoms with Crippen LogP contribution in [0.3, 0.4) is 0 Å². The standard InChI is InChI=1S/C14H21N3O2/c1-8-9(2)17-19-14(8)16-13(18)12-7-10-5-3-4-6-11(10)15-12/h10-12,15H,3-7H2,1-2H3,(H,16,18). The van der Waals surface area contributed by atoms with Crippen LogP contribution in [0.5, 0.6) is 0 Å². The number of aryl methyl sites for hydroxylation is 1. The van der Waals surface area contributed by atoms with E-state index < -0.39 is 0 Å². The molecule has 1 saturated carbocycles. The molecular weight excluding hydrogens is 242 g/mol. The summed E-state index contributed by atoms with van der Waals surface area (Å²) >= 11 is 0. The first-order valence-electron chi connectivity index (χ1n) is 7.15. The Morgan fingerprint density at radius 2 is 2.16 bits per heavy atom. The molecule has 2 N–H and O–H groups in total. The van der Waals surface area contributed by atoms with E-state index in [9.17, 15) is 4.79 Å². The molecule has 0 radical (unpaired) electrons. The van der Waals surface area contributed by atoms with Crippen LogP contribution >= 0.6 is 0 Å². The SMILES string of the molecule is Cc1noc(NC(=O)C2CC3CCCCC3N2)c1C. The fourth-order valence-corrected chi connectivity index (χ4v) is 3.25. The normalized spacial score (nSPS) is 30.1. The zero-order valence-corrected chi connectivity index (χ0v) is 11.5. The van der Waals surface area contributed by atoms with Crippen molar-refractivity contribution in [2.24, 2.45) is 5.92 Å². The number of amides is 1. The maximum absolute atomic E-state index is 12.3. The molecule has 2 fully saturated rings. The second kappa shape index (κ2) is 4.96. The maximum atomic E-state index is 12.3. The van der Waals surface area contributed by atoms with E-state index in [0.29, 0.717) is 17.8 Å². The predicted octanol–water partition coefficient (Wildman–Crippen LogP) is 2.15. The molecule has 1 aliphatic heterocycles. The number of hydrogen-bond donors (Lipinski definition) is 2. The van der Waals surface area contributed by atoms with Crippen molar-refractivity contribution in [3.8, 4) is 0 Å². The highest BCUT2D eigenvalue weighted by Gasteiger charge is 2.38. The Morgan fingerprint density at radius 1 is 1.37 bits per heavy atom. The number of fused-ring (bicyclic) bond motifs is 1. The maximum Gasteiger partial charge on any atom is 0.243 e. The lowest BCUT2D eigenvalue weighted by Crippen LogP contribution is -2.39. The van der Waals surface area contributed by atoms with Gasteiger partial charge in [-0.3, -0.25) is 10.1 Å². The number of nitrogens with one attached hydrogen (secondary N) is 2. The Labute approximate surface area is 113 Å². The van der Waals surface area contributed by atoms with Crippen LogP contribution in [0.1, 0.15) is 43.4 Å². The van der Waals surface area contributed by atoms with Gasteiger partial charge >= 0.3 is 0 Å². The Hall–Kier alpha value is -1.36. The summed E-state index contributed by atoms with van der Waals surface area (Å²) in [6, 6.07) is 0.444. The monoisotopic (exact) mass is 263 g/mol. The van der Waals surface area contributed by atoms with Crippen LogP contribution in [0, 0.1) is 19.8 Å². The second-order valence-corrected chi connectivity index (χ2v) is 5.82. The average Bonchev–Trinajstić information content (AvgIpc) is 2.97. The summed E-state index contributed by atoms with van der Waals surface area (Å²) in [6.45, 7) is 3.78. The van der Waals surface area contributed by atoms with Gasteiger partial charge in [0, 0.05) is 11.6 Å². The third-order valence-electron chi connectivity index (χ3n) is 4.57. The quantitative estimate of drug-likeness (QED) is 0.858. The Balaban J connectivity index is 1.63. The fourth-order valence-electron chi connectivity index (χ4n) is 3.25. The number of carbonyl (C=O) groups is 1. The third-order valence-corrected chi connectivity index (χ3v) is 4.57. The van der Waals surface area contributed by atoms with Gasteiger partial charge in [0.1, 0.15) is 0 Å². The van der Waals surface area contributed by atoms with E-state index in [0.717, 1.165) is 17.7 Å². The van der Waals surface area contributed by atoms with Crippen molar-refractivity contribution in [1.82, 2.24) is 10.5 Å². The number of nitrogens with zero attached hydrogens (tertiary/aromatic N) is 1. The Morgan fingerprint density at radius 3 is 2.84 bits per heavy atom. The molecule has 1 aliphatic carbocycles. The molecule has 2 aliphatic rings. The van der Waals surface area contributed by atoms with Crippen molar-refractivity contribution < 1.29 is 9.32 Å². The van der Waals surface area contributed by atoms with Crippen LogP contribution < -0.4 is 10.6 Å². The van der Waals surface area contributed by atoms with Gasteiger partial charge in [-0.25, -0.2) is 0 Å². The molecule has 0 aromatic carbocycles. The molecule has 0 spiro atoms. The number of aromatic nitrogens is 1. The molecule has 19 heavy (non-hydrogen) atoms. The summed E-state index contributed by atoms with van der Waals surface area (Å²) in [5.74, 6) is 1.16. The lowest BCUT2D eigenvalue weighted by molar-refractivity contribution is -0.118. The van der Waals surface area contributed by atoms with Gasteiger partial charge in [0.15, 0.2) is 0 Å². The molecular formula is C14H21N3O2. The Bertz CT molecular complexity index is 469. The van der Waals surface area contributed by atoms with Gasteiger partial charge in [0.2, 0.25) is 11.8 Å². The van der Waals surface area contributed by atoms with E-state index in [2.05, 4.69) is 15.8 Å². The van der Waals surface area contributed by atoms with Crippen LogP contribution in [0.4, 0.5) is 5.88 Å². The lowest BCUT2D eigenvalue weighted by atomic mass is 9.85. The molecule has 0 bridgehead atoms. The third kappa shape index (κ3) is 2.39. The minimum atomic E-state index is -0.0853. The van der Waals surface area contributed by atoms with E-state index >= 15 is 0 Å². The van der Waals surface area contributed by atoms with E-state index in [1.54, 1.807) is 0 Å². The van der Waals surface area contributed by atoms with E-state index in [1.165, 1.54) is 25.7 Å². The van der Waals surface area contributed by atoms with E-state index in [4.69, 9.17) is 4.52 Å². The molecule has 2 heterocycles. The molecule has 1 saturated heterocycles. The number of carbonyl (C=O) groups excluding carboxylic acids is 1. The van der Waals surface area contributed by atoms with Crippen LogP contribution in [0.15, 0.2) is 4.52 Å². The summed E-state index contributed by atoms with van der Waals surface area (Å²) in [4.78, 5) is 12.3. The van der Waals surface area contributed by atoms with Gasteiger partial charge in [0.05, 0.1) is 11.7 Å². The highest BCUT2D eigenvalue weighted by molar-refractivity contribution is 5.94. The van der Waals surface area contributed by atoms with Gasteiger partial charge in [-0.15, -0.1) is 0 Å². The van der Waals surface area contributed by atoms with Crippen LogP contribution in [0.25, 0.3) is 0 Å². The molecule has 1 aromatic rings. The van der Waals surface area contributed by atoms with Crippen LogP contribution in [-0.2, 0) is 4.79 Å². The van der Waals surface area contributed by atoms with Crippen molar-refractivity contribution in [3.05, 3.63) is 11.3 Å². The summed E-state index contributed by atoms with van der Waals surface area (Å²) < 4.78 is 5.13. The Kier molecular flexibility index (Phi) is 3.31. The van der Waals surface area contributed by atoms with Crippen molar-refractivity contribution >= 4 is 11.8 Å². The molecule has 1 aromatic heterocycles. The van der Waals surface area contributed by atoms with E-state index in [1.807, 2.05) is 13.8 Å². The largest absolute Gasteiger partial charge is 0.338 e. The second-order valence-electron chi connectivity index (χ2n) is 5.82. The topological polar surface area (TPSA) is 67.2 Å². The molecule has 3 unspecified atom stereocenters. The minimum absolute atomic E-state index is 0.00801. The van der Waals surface area contributed by atoms with Crippen LogP contribution in [0.2, 0.25) is 0 Å². The van der Waals surface area contributed by atoms with Crippen LogP contribution in [-0.4, -0.2) is 23.1 Å². The van der Waals surface area contributed by atoms with Gasteiger partial charge in [-0.1, -0.05) is 18.0 Å². The van der Waals surface area contributed by atoms with Crippen molar-refractivity contribution in [1.29, 1.82) is 0 Å². The highest BCUT2D eigenvalue weighted by atomic mass is 16.5. The molecule has 5 nitrogen and oxygen atoms in total. The number of hydrogen-bond acceptors (Lipinski definition) is 4. The molecule has 104 valence electrons. The lowest BCUT2D eigenvalue weighted by Gasteiger charge is -2.24. The molecule has 3 rings (SSSR count). The van der Waals surface area contributed by atoms with Gasteiger partial charge in [-0.2, -0.15) is 0 Å². The van der Waals surface area contributed by atoms with Gasteiger partial charge in [0.25, 0.3) is 0 Å². The molecule has 3 atom stereocenters. The first-order chi connectivity index (χ1) is 9.15. The highest BCUT2D eigenvalue weighted by Crippen LogP contribution is 2.33. The zero-order valence-electron chi connectivity index (χ0n) is 11.5. The summed E-state index contributed by atoms with van der Waals surface area (Å²) in [7, 11) is 0. The first kappa shape index (κ1) is 12.7. The first-order valence-corrected chi connectivity index (χ1v) is 7.15. The zero-order chi connectivity index (χ0) is 13.4. The van der Waals surface area contributed by atoms with Crippen molar-refractivity contribution in [2.45, 2.75) is 58.0 Å². The number of anilines is 1. The van der Waals surface area contributed by atoms with Crippen molar-refractivity contribution in [2.75, 3.05) is 5.32 Å². The molecule has 1 amide bonds. The van der Waals surface area contributed by atoms with Gasteiger partial charge in [-0.05, 0) is 39.0 Å². The average molecular weight is 263 g/mol. The smallest absolute Gasteiger partial charge is 0.243 e. The van der Waals surface area contributed by atoms with E-state index in [-0.39, 0.29) is 11.9 Å². The fraction of sp³-hybridized carbons (Fsp3) is 0.714. The summed E-state index contributed by atoms with van der Waals surface area (Å²) in [6.07, 6.45) is 5.99. The summed E-state index contributed by atoms with van der Waals surface area (Å²) in [5.41, 5.74) is 1.73. The van der Waals surface area contributed by atoms with Crippen molar-refractivity contribution in [3.63, 3.8) is 0 Å². The summed E-state index contributed by atoms with van der Waals surface area (Å²) in [5, 5.41) is 10.2. The molecule has 5 heteroatoms. The minimum Gasteiger partial charge on any atom is -0.338 e.